The van der Waals surface area contributed by atoms with Crippen LogP contribution < -0.4 is 11.1 Å². The van der Waals surface area contributed by atoms with E-state index in [1.807, 2.05) is 0 Å². The van der Waals surface area contributed by atoms with Crippen molar-refractivity contribution in [3.05, 3.63) is 34.9 Å². The second-order valence-corrected chi connectivity index (χ2v) is 5.44. The summed E-state index contributed by atoms with van der Waals surface area (Å²) in [5.74, 6) is -2.96. The number of carbonyl (C=O) groups excluding carboxylic acids is 6. The number of fused-ring (bicyclic) bond motifs is 1. The first kappa shape index (κ1) is 17.1. The third-order valence-electron chi connectivity index (χ3n) is 3.82. The molecule has 0 radical (unpaired) electrons. The van der Waals surface area contributed by atoms with Gasteiger partial charge in [-0.2, -0.15) is 4.90 Å². The number of carbonyl (C=O) groups is 6. The molecule has 0 aliphatic carbocycles. The Morgan fingerprint density at radius 2 is 1.81 bits per heavy atom. The minimum atomic E-state index is -1.39. The fraction of sp³-hybridized carbons (Fsp3) is 0.200. The molecule has 3 rings (SSSR count). The Kier molecular flexibility index (Phi) is 4.12. The number of hydrogen-bond donors (Lipinski definition) is 2. The normalized spacial score (nSPS) is 15.8. The van der Waals surface area contributed by atoms with Crippen molar-refractivity contribution in [3.63, 3.8) is 0 Å². The van der Waals surface area contributed by atoms with Gasteiger partial charge < -0.3 is 15.8 Å². The molecule has 0 bridgehead atoms. The van der Waals surface area contributed by atoms with Gasteiger partial charge in [-0.25, -0.2) is 28.9 Å². The van der Waals surface area contributed by atoms with E-state index in [-0.39, 0.29) is 28.1 Å². The van der Waals surface area contributed by atoms with E-state index in [0.717, 1.165) is 18.2 Å². The summed E-state index contributed by atoms with van der Waals surface area (Å²) in [5, 5.41) is 2.41. The zero-order chi connectivity index (χ0) is 19.0. The van der Waals surface area contributed by atoms with Crippen LogP contribution in [0.3, 0.4) is 0 Å². The van der Waals surface area contributed by atoms with Crippen LogP contribution in [-0.4, -0.2) is 58.8 Å². The zero-order valence-electron chi connectivity index (χ0n) is 13.2. The predicted octanol–water partition coefficient (Wildman–Crippen LogP) is 0.0534. The molecule has 1 saturated heterocycles. The maximum absolute atomic E-state index is 12.6. The number of esters is 2. The first-order valence-electron chi connectivity index (χ1n) is 7.45. The molecule has 7 amide bonds. The van der Waals surface area contributed by atoms with E-state index in [1.54, 1.807) is 0 Å². The molecule has 0 spiro atoms. The molecule has 0 aromatic heterocycles. The van der Waals surface area contributed by atoms with Crippen LogP contribution in [0, 0.1) is 0 Å². The molecule has 3 N–H and O–H groups in total. The summed E-state index contributed by atoms with van der Waals surface area (Å²) in [5.41, 5.74) is 4.67. The van der Waals surface area contributed by atoms with Crippen molar-refractivity contribution in [2.75, 3.05) is 13.1 Å². The smallest absolute Gasteiger partial charge is 0.346 e. The number of urea groups is 3. The molecular formula is C15H12N4O7. The van der Waals surface area contributed by atoms with Crippen LogP contribution in [0.15, 0.2) is 18.2 Å². The lowest BCUT2D eigenvalue weighted by Gasteiger charge is -2.29. The molecule has 1 aromatic carbocycles. The fourth-order valence-corrected chi connectivity index (χ4v) is 2.56. The Bertz CT molecular complexity index is 879. The van der Waals surface area contributed by atoms with E-state index in [2.05, 4.69) is 10.1 Å². The van der Waals surface area contributed by atoms with Crippen molar-refractivity contribution in [2.45, 2.75) is 6.42 Å². The maximum Gasteiger partial charge on any atom is 0.346 e. The molecule has 11 heteroatoms. The van der Waals surface area contributed by atoms with Gasteiger partial charge in [-0.3, -0.25) is 4.79 Å². The van der Waals surface area contributed by atoms with Crippen LogP contribution in [-0.2, 0) is 4.74 Å². The van der Waals surface area contributed by atoms with Crippen LogP contribution in [0.25, 0.3) is 0 Å². The molecule has 1 fully saturated rings. The molecule has 2 heterocycles. The Balaban J connectivity index is 1.93. The standard InChI is InChI=1S/C15H12N4O7/c16-13(23)19(15(25)18-5-1-4-17-14(18)24)10(20)7-2-3-8-9(6-7)12(22)26-11(8)21/h2-3,6H,1,4-5H2,(H2,16,23)(H,17,24). The van der Waals surface area contributed by atoms with Crippen molar-refractivity contribution in [2.24, 2.45) is 5.73 Å². The number of nitrogens with one attached hydrogen (secondary N) is 1. The molecule has 1 aromatic rings. The van der Waals surface area contributed by atoms with Gasteiger partial charge in [-0.05, 0) is 24.6 Å². The largest absolute Gasteiger partial charge is 0.386 e. The number of primary amides is 1. The molecular weight excluding hydrogens is 348 g/mol. The van der Waals surface area contributed by atoms with Gasteiger partial charge in [0, 0.05) is 18.7 Å². The Hall–Kier alpha value is -3.76. The Morgan fingerprint density at radius 3 is 2.46 bits per heavy atom. The summed E-state index contributed by atoms with van der Waals surface area (Å²) in [6.07, 6.45) is 0.436. The number of imide groups is 4. The first-order chi connectivity index (χ1) is 12.3. The second-order valence-electron chi connectivity index (χ2n) is 5.44. The quantitative estimate of drug-likeness (QED) is 0.529. The average Bonchev–Trinajstić information content (AvgIpc) is 2.88. The lowest BCUT2D eigenvalue weighted by Crippen LogP contribution is -2.57. The molecule has 26 heavy (non-hydrogen) atoms. The van der Waals surface area contributed by atoms with Crippen molar-refractivity contribution >= 4 is 35.9 Å². The van der Waals surface area contributed by atoms with Crippen molar-refractivity contribution in [1.29, 1.82) is 0 Å². The monoisotopic (exact) mass is 360 g/mol. The molecule has 0 atom stereocenters. The van der Waals surface area contributed by atoms with Gasteiger partial charge in [0.05, 0.1) is 11.1 Å². The van der Waals surface area contributed by atoms with Crippen molar-refractivity contribution < 1.29 is 33.5 Å². The van der Waals surface area contributed by atoms with E-state index in [9.17, 15) is 28.8 Å². The number of amides is 7. The highest BCUT2D eigenvalue weighted by Crippen LogP contribution is 2.22. The topological polar surface area (TPSA) is 156 Å². The number of hydrogen-bond acceptors (Lipinski definition) is 7. The summed E-state index contributed by atoms with van der Waals surface area (Å²) in [6, 6.07) is -0.0439. The van der Waals surface area contributed by atoms with E-state index in [4.69, 9.17) is 5.73 Å². The molecule has 2 aliphatic heterocycles. The van der Waals surface area contributed by atoms with Gasteiger partial charge in [0.1, 0.15) is 0 Å². The Morgan fingerprint density at radius 1 is 1.12 bits per heavy atom. The highest BCUT2D eigenvalue weighted by atomic mass is 16.6. The lowest BCUT2D eigenvalue weighted by molar-refractivity contribution is 0.0443. The minimum Gasteiger partial charge on any atom is -0.386 e. The summed E-state index contributed by atoms with van der Waals surface area (Å²) in [7, 11) is 0. The summed E-state index contributed by atoms with van der Waals surface area (Å²) >= 11 is 0. The molecule has 11 nitrogen and oxygen atoms in total. The zero-order valence-corrected chi connectivity index (χ0v) is 13.2. The highest BCUT2D eigenvalue weighted by Gasteiger charge is 2.37. The van der Waals surface area contributed by atoms with Crippen molar-refractivity contribution in [1.82, 2.24) is 15.1 Å². The van der Waals surface area contributed by atoms with E-state index >= 15 is 0 Å². The van der Waals surface area contributed by atoms with Crippen LogP contribution in [0.2, 0.25) is 0 Å². The molecule has 134 valence electrons. The van der Waals surface area contributed by atoms with Gasteiger partial charge in [0.2, 0.25) is 0 Å². The highest BCUT2D eigenvalue weighted by molar-refractivity contribution is 6.19. The summed E-state index contributed by atoms with van der Waals surface area (Å²) in [4.78, 5) is 72.2. The van der Waals surface area contributed by atoms with Crippen LogP contribution in [0.1, 0.15) is 37.5 Å². The number of nitrogens with two attached hydrogens (primary N) is 1. The Labute approximate surface area is 145 Å². The summed E-state index contributed by atoms with van der Waals surface area (Å²) < 4.78 is 4.41. The van der Waals surface area contributed by atoms with Gasteiger partial charge >= 0.3 is 30.0 Å². The summed E-state index contributed by atoms with van der Waals surface area (Å²) in [6.45, 7) is 0.362. The second kappa shape index (κ2) is 6.27. The van der Waals surface area contributed by atoms with Gasteiger partial charge in [-0.1, -0.05) is 0 Å². The molecule has 2 aliphatic rings. The fourth-order valence-electron chi connectivity index (χ4n) is 2.56. The predicted molar refractivity (Wildman–Crippen MR) is 82.1 cm³/mol. The van der Waals surface area contributed by atoms with Crippen LogP contribution in [0.4, 0.5) is 14.4 Å². The SMILES string of the molecule is NC(=O)N(C(=O)c1ccc2c(c1)C(=O)OC2=O)C(=O)N1CCCNC1=O. The van der Waals surface area contributed by atoms with Crippen molar-refractivity contribution in [3.8, 4) is 0 Å². The van der Waals surface area contributed by atoms with E-state index < -0.39 is 35.9 Å². The number of nitrogens with zero attached hydrogens (tertiary/aromatic N) is 2. The molecule has 0 saturated carbocycles. The average molecular weight is 360 g/mol. The third kappa shape index (κ3) is 2.75. The lowest BCUT2D eigenvalue weighted by atomic mass is 10.0. The maximum atomic E-state index is 12.6. The number of rotatable bonds is 1. The van der Waals surface area contributed by atoms with Gasteiger partial charge in [0.25, 0.3) is 5.91 Å². The van der Waals surface area contributed by atoms with Gasteiger partial charge in [-0.15, -0.1) is 0 Å². The number of benzene rings is 1. The minimum absolute atomic E-state index is 0.00669. The van der Waals surface area contributed by atoms with Gasteiger partial charge in [0.15, 0.2) is 0 Å². The first-order valence-corrected chi connectivity index (χ1v) is 7.45. The van der Waals surface area contributed by atoms with Crippen LogP contribution in [0.5, 0.6) is 0 Å². The number of ether oxygens (including phenoxy) is 1. The van der Waals surface area contributed by atoms with Crippen LogP contribution >= 0.6 is 0 Å². The number of cyclic esters (lactones) is 2. The third-order valence-corrected chi connectivity index (χ3v) is 3.82. The van der Waals surface area contributed by atoms with E-state index in [1.165, 1.54) is 0 Å². The molecule has 0 unspecified atom stereocenters. The van der Waals surface area contributed by atoms with E-state index in [0.29, 0.717) is 17.9 Å².